The summed E-state index contributed by atoms with van der Waals surface area (Å²) in [6.07, 6.45) is -0.615. The van der Waals surface area contributed by atoms with E-state index in [4.69, 9.17) is 18.9 Å². The predicted molar refractivity (Wildman–Crippen MR) is 132 cm³/mol. The number of methoxy groups -OCH3 is 3. The maximum absolute atomic E-state index is 13.5. The van der Waals surface area contributed by atoms with Crippen LogP contribution in [-0.2, 0) is 25.4 Å². The first kappa shape index (κ1) is 22.8. The molecule has 0 bridgehead atoms. The number of fused-ring (bicyclic) bond motifs is 3. The first-order chi connectivity index (χ1) is 16.9. The Kier molecular flexibility index (Phi) is 5.64. The van der Waals surface area contributed by atoms with Gasteiger partial charge in [0.15, 0.2) is 11.5 Å². The minimum absolute atomic E-state index is 0.345. The lowest BCUT2D eigenvalue weighted by molar-refractivity contribution is 0.0462. The molecule has 35 heavy (non-hydrogen) atoms. The lowest BCUT2D eigenvalue weighted by Gasteiger charge is -2.29. The molecule has 0 N–H and O–H groups in total. The van der Waals surface area contributed by atoms with Gasteiger partial charge in [-0.2, -0.15) is 0 Å². The molecule has 0 saturated carbocycles. The summed E-state index contributed by atoms with van der Waals surface area (Å²) in [6.45, 7) is 0.932. The monoisotopic (exact) mass is 477 g/mol. The SMILES string of the molecule is COc1cc(OC)c([C@H]2OCCn3c(-c4ccccc4)c4c(=O)n(C)c(=O)n(C)c4c32)cc1OC. The third kappa shape index (κ3) is 3.34. The molecule has 0 amide bonds. The van der Waals surface area contributed by atoms with Crippen LogP contribution >= 0.6 is 0 Å². The Hall–Kier alpha value is -3.98. The van der Waals surface area contributed by atoms with Gasteiger partial charge >= 0.3 is 5.69 Å². The number of ether oxygens (including phenoxy) is 4. The lowest BCUT2D eigenvalue weighted by atomic mass is 10.0. The predicted octanol–water partition coefficient (Wildman–Crippen LogP) is 2.85. The molecule has 0 fully saturated rings. The van der Waals surface area contributed by atoms with Gasteiger partial charge in [0.05, 0.1) is 50.2 Å². The summed E-state index contributed by atoms with van der Waals surface area (Å²) < 4.78 is 27.7. The molecule has 182 valence electrons. The van der Waals surface area contributed by atoms with E-state index in [0.717, 1.165) is 15.8 Å². The van der Waals surface area contributed by atoms with E-state index < -0.39 is 11.8 Å². The van der Waals surface area contributed by atoms with Crippen molar-refractivity contribution in [3.05, 3.63) is 74.6 Å². The maximum atomic E-state index is 13.5. The third-order valence-electron chi connectivity index (χ3n) is 6.62. The Bertz CT molecular complexity index is 1550. The molecule has 0 saturated heterocycles. The molecule has 9 nitrogen and oxygen atoms in total. The Morgan fingerprint density at radius 2 is 1.54 bits per heavy atom. The fourth-order valence-corrected chi connectivity index (χ4v) is 4.97. The number of hydrogen-bond donors (Lipinski definition) is 0. The summed E-state index contributed by atoms with van der Waals surface area (Å²) in [5.41, 5.74) is 2.87. The van der Waals surface area contributed by atoms with Gasteiger partial charge in [-0.15, -0.1) is 0 Å². The van der Waals surface area contributed by atoms with E-state index in [0.29, 0.717) is 52.6 Å². The Balaban J connectivity index is 1.92. The average molecular weight is 478 g/mol. The zero-order valence-corrected chi connectivity index (χ0v) is 20.3. The smallest absolute Gasteiger partial charge is 0.331 e. The molecular formula is C26H27N3O6. The topological polar surface area (TPSA) is 85.9 Å². The molecule has 1 aliphatic rings. The first-order valence-electron chi connectivity index (χ1n) is 11.2. The maximum Gasteiger partial charge on any atom is 0.331 e. The molecule has 2 aromatic heterocycles. The molecule has 0 spiro atoms. The number of rotatable bonds is 5. The molecule has 5 rings (SSSR count). The molecule has 0 aliphatic carbocycles. The number of aryl methyl sites for hydroxylation is 1. The summed E-state index contributed by atoms with van der Waals surface area (Å²) >= 11 is 0. The van der Waals surface area contributed by atoms with Gasteiger partial charge in [-0.3, -0.25) is 13.9 Å². The van der Waals surface area contributed by atoms with Crippen LogP contribution in [0.15, 0.2) is 52.1 Å². The number of hydrogen-bond acceptors (Lipinski definition) is 6. The van der Waals surface area contributed by atoms with E-state index >= 15 is 0 Å². The molecule has 9 heteroatoms. The quantitative estimate of drug-likeness (QED) is 0.440. The van der Waals surface area contributed by atoms with Crippen LogP contribution in [0.25, 0.3) is 22.2 Å². The summed E-state index contributed by atoms with van der Waals surface area (Å²) in [5.74, 6) is 1.59. The highest BCUT2D eigenvalue weighted by molar-refractivity contribution is 5.96. The molecule has 4 aromatic rings. The van der Waals surface area contributed by atoms with E-state index in [9.17, 15) is 9.59 Å². The van der Waals surface area contributed by atoms with Crippen LogP contribution in [-0.4, -0.2) is 41.6 Å². The van der Waals surface area contributed by atoms with Crippen molar-refractivity contribution in [3.8, 4) is 28.5 Å². The second-order valence-corrected chi connectivity index (χ2v) is 8.38. The van der Waals surface area contributed by atoms with Gasteiger partial charge < -0.3 is 23.5 Å². The lowest BCUT2D eigenvalue weighted by Crippen LogP contribution is -2.37. The van der Waals surface area contributed by atoms with E-state index in [1.54, 1.807) is 34.4 Å². The van der Waals surface area contributed by atoms with Crippen molar-refractivity contribution in [2.24, 2.45) is 14.1 Å². The van der Waals surface area contributed by atoms with Gasteiger partial charge in [-0.25, -0.2) is 4.79 Å². The average Bonchev–Trinajstić information content (AvgIpc) is 3.26. The van der Waals surface area contributed by atoms with Crippen molar-refractivity contribution in [1.82, 2.24) is 13.7 Å². The summed E-state index contributed by atoms with van der Waals surface area (Å²) in [7, 11) is 7.88. The summed E-state index contributed by atoms with van der Waals surface area (Å²) in [4.78, 5) is 26.5. The Morgan fingerprint density at radius 1 is 0.886 bits per heavy atom. The van der Waals surface area contributed by atoms with Crippen molar-refractivity contribution in [1.29, 1.82) is 0 Å². The van der Waals surface area contributed by atoms with E-state index in [-0.39, 0.29) is 5.56 Å². The second-order valence-electron chi connectivity index (χ2n) is 8.38. The van der Waals surface area contributed by atoms with Crippen LogP contribution < -0.4 is 25.5 Å². The van der Waals surface area contributed by atoms with E-state index in [1.165, 1.54) is 11.6 Å². The largest absolute Gasteiger partial charge is 0.496 e. The molecule has 1 aliphatic heterocycles. The highest BCUT2D eigenvalue weighted by Gasteiger charge is 2.35. The van der Waals surface area contributed by atoms with Gasteiger partial charge in [0, 0.05) is 32.3 Å². The zero-order chi connectivity index (χ0) is 24.9. The van der Waals surface area contributed by atoms with E-state index in [1.807, 2.05) is 36.4 Å². The second kappa shape index (κ2) is 8.66. The summed E-state index contributed by atoms with van der Waals surface area (Å²) in [5, 5.41) is 0.478. The standard InChI is InChI=1S/C26H27N3O6/c1-27-22-20(25(30)28(2)26(27)31)21(15-9-7-6-8-10-15)29-11-12-35-24(23(22)29)16-13-18(33-4)19(34-5)14-17(16)32-3/h6-10,13-14,24H,11-12H2,1-5H3/t24-/m1/s1. The summed E-state index contributed by atoms with van der Waals surface area (Å²) in [6, 6.07) is 13.3. The normalized spacial score (nSPS) is 15.2. The van der Waals surface area contributed by atoms with Crippen LogP contribution in [0.4, 0.5) is 0 Å². The van der Waals surface area contributed by atoms with Crippen molar-refractivity contribution >= 4 is 10.9 Å². The van der Waals surface area contributed by atoms with Crippen LogP contribution in [0.3, 0.4) is 0 Å². The molecule has 3 heterocycles. The number of nitrogens with zero attached hydrogens (tertiary/aromatic N) is 3. The molecule has 0 unspecified atom stereocenters. The zero-order valence-electron chi connectivity index (χ0n) is 20.3. The fraction of sp³-hybridized carbons (Fsp3) is 0.308. The van der Waals surface area contributed by atoms with Gasteiger partial charge in [0.2, 0.25) is 0 Å². The van der Waals surface area contributed by atoms with E-state index in [2.05, 4.69) is 4.57 Å². The minimum Gasteiger partial charge on any atom is -0.496 e. The van der Waals surface area contributed by atoms with Gasteiger partial charge in [0.25, 0.3) is 5.56 Å². The Labute approximate surface area is 201 Å². The third-order valence-corrected chi connectivity index (χ3v) is 6.62. The van der Waals surface area contributed by atoms with Crippen molar-refractivity contribution in [2.75, 3.05) is 27.9 Å². The van der Waals surface area contributed by atoms with Gasteiger partial charge in [0.1, 0.15) is 11.9 Å². The van der Waals surface area contributed by atoms with Gasteiger partial charge in [-0.1, -0.05) is 30.3 Å². The van der Waals surface area contributed by atoms with Crippen molar-refractivity contribution in [3.63, 3.8) is 0 Å². The molecule has 2 aromatic carbocycles. The number of benzene rings is 2. The van der Waals surface area contributed by atoms with Crippen LogP contribution in [0.5, 0.6) is 17.2 Å². The van der Waals surface area contributed by atoms with Crippen LogP contribution in [0, 0.1) is 0 Å². The van der Waals surface area contributed by atoms with Crippen LogP contribution in [0.1, 0.15) is 17.4 Å². The highest BCUT2D eigenvalue weighted by Crippen LogP contribution is 2.45. The highest BCUT2D eigenvalue weighted by atomic mass is 16.5. The fourth-order valence-electron chi connectivity index (χ4n) is 4.97. The molecular weight excluding hydrogens is 450 g/mol. The first-order valence-corrected chi connectivity index (χ1v) is 11.2. The Morgan fingerprint density at radius 3 is 2.20 bits per heavy atom. The molecule has 0 radical (unpaired) electrons. The minimum atomic E-state index is -0.615. The number of aromatic nitrogens is 3. The van der Waals surface area contributed by atoms with Gasteiger partial charge in [-0.05, 0) is 11.6 Å². The van der Waals surface area contributed by atoms with Crippen LogP contribution in [0.2, 0.25) is 0 Å². The molecule has 1 atom stereocenters. The van der Waals surface area contributed by atoms with Crippen molar-refractivity contribution < 1.29 is 18.9 Å². The van der Waals surface area contributed by atoms with Crippen molar-refractivity contribution in [2.45, 2.75) is 12.6 Å².